The summed E-state index contributed by atoms with van der Waals surface area (Å²) in [6.07, 6.45) is 2.45. The molecule has 1 aliphatic carbocycles. The van der Waals surface area contributed by atoms with E-state index in [2.05, 4.69) is 30.6 Å². The van der Waals surface area contributed by atoms with Crippen molar-refractivity contribution in [2.24, 2.45) is 13.0 Å². The van der Waals surface area contributed by atoms with Gasteiger partial charge in [-0.15, -0.1) is 0 Å². The molecule has 6 heterocycles. The van der Waals surface area contributed by atoms with Crippen LogP contribution in [0, 0.1) is 12.8 Å². The lowest BCUT2D eigenvalue weighted by molar-refractivity contribution is -0.160. The van der Waals surface area contributed by atoms with Crippen LogP contribution in [0.25, 0.3) is 32.2 Å². The number of para-hydroxylation sites is 1. The number of carbonyl (C=O) groups excluding carboxylic acids is 4. The van der Waals surface area contributed by atoms with Crippen LogP contribution in [0.1, 0.15) is 94.1 Å². The van der Waals surface area contributed by atoms with Gasteiger partial charge in [-0.25, -0.2) is 14.8 Å². The number of halogens is 2. The van der Waals surface area contributed by atoms with E-state index in [9.17, 15) is 29.1 Å². The molecule has 4 aliphatic rings. The minimum atomic E-state index is -3.52. The highest BCUT2D eigenvalue weighted by Crippen LogP contribution is 2.40. The molecule has 386 valence electrons. The molecule has 0 radical (unpaired) electrons. The van der Waals surface area contributed by atoms with Crippen molar-refractivity contribution in [2.45, 2.75) is 82.8 Å². The first kappa shape index (κ1) is 49.4. The summed E-state index contributed by atoms with van der Waals surface area (Å²) in [6.45, 7) is 3.84. The zero-order valence-corrected chi connectivity index (χ0v) is 42.3. The van der Waals surface area contributed by atoms with Crippen LogP contribution in [0.5, 0.6) is 5.75 Å². The Morgan fingerprint density at radius 3 is 2.41 bits per heavy atom. The second-order valence-corrected chi connectivity index (χ2v) is 21.0. The third-order valence-corrected chi connectivity index (χ3v) is 16.3. The first-order valence-corrected chi connectivity index (χ1v) is 26.2. The van der Waals surface area contributed by atoms with Crippen LogP contribution < -0.4 is 25.2 Å². The lowest BCUT2D eigenvalue weighted by Crippen LogP contribution is -2.53. The van der Waals surface area contributed by atoms with Gasteiger partial charge in [0.15, 0.2) is 10.8 Å². The molecule has 3 fully saturated rings. The van der Waals surface area contributed by atoms with Crippen LogP contribution in [0.2, 0.25) is 0 Å². The molecule has 1 unspecified atom stereocenters. The number of carboxylic acids is 1. The maximum absolute atomic E-state index is 15.8. The molecule has 7 aromatic rings. The fourth-order valence-electron chi connectivity index (χ4n) is 11.3. The molecule has 0 spiro atoms. The van der Waals surface area contributed by atoms with Gasteiger partial charge >= 0.3 is 11.9 Å². The van der Waals surface area contributed by atoms with E-state index in [0.717, 1.165) is 43.5 Å². The average molecular weight is 1040 g/mol. The summed E-state index contributed by atoms with van der Waals surface area (Å²) < 4.78 is 40.8. The Kier molecular flexibility index (Phi) is 13.3. The Bertz CT molecular complexity index is 3380. The number of nitrogens with zero attached hydrogens (tertiary/aromatic N) is 7. The number of benzene rings is 4. The number of alkyl halides is 2. The molecule has 2 saturated heterocycles. The van der Waals surface area contributed by atoms with Gasteiger partial charge in [0.25, 0.3) is 11.8 Å². The van der Waals surface area contributed by atoms with Crippen molar-refractivity contribution in [3.8, 4) is 16.9 Å². The second-order valence-electron chi connectivity index (χ2n) is 20.0. The Balaban J connectivity index is 0.690. The largest absolute Gasteiger partial charge is 0.490 e. The molecule has 1 saturated carbocycles. The first-order valence-electron chi connectivity index (χ1n) is 25.4. The summed E-state index contributed by atoms with van der Waals surface area (Å²) in [5.74, 6) is -6.63. The number of hydrogen-bond acceptors (Lipinski definition) is 12. The van der Waals surface area contributed by atoms with Gasteiger partial charge in [-0.3, -0.25) is 34.5 Å². The number of anilines is 3. The van der Waals surface area contributed by atoms with Crippen molar-refractivity contribution in [1.82, 2.24) is 30.0 Å². The standard InChI is InChI=1S/C56H55F2N9O7S/c1-32-37(38-19-21-47(60-50(38)53(71)72)67-24-23-34-7-5-9-39(42(34)31-67)51(69)62-55-59-43-10-3-4-12-46(43)75-55)8-6-11-45(32)74-36-16-13-33(14-17-36)30-56(57,58)54(73)66-27-25-65(26-28-66)35-15-18-40-44(29-35)64(2)63-49(40)41-20-22-48(68)61-52(41)70/h3-12,15,18-19,21,29,33,36,41H,13-14,16-17,20,22-28,30-31H2,1-2H3,(H,71,72)(H,59,62,69)(H,61,68,70)/t33-,36-,41?. The van der Waals surface area contributed by atoms with Crippen LogP contribution in [-0.2, 0) is 34.4 Å². The van der Waals surface area contributed by atoms with Gasteiger partial charge in [-0.05, 0) is 128 Å². The first-order chi connectivity index (χ1) is 36.2. The van der Waals surface area contributed by atoms with E-state index in [4.69, 9.17) is 4.74 Å². The number of piperazine rings is 1. The number of imide groups is 1. The van der Waals surface area contributed by atoms with E-state index in [0.29, 0.717) is 104 Å². The molecule has 3 aliphatic heterocycles. The zero-order chi connectivity index (χ0) is 52.1. The Labute approximate surface area is 434 Å². The second kappa shape index (κ2) is 20.1. The fraction of sp³-hybridized carbons (Fsp3) is 0.357. The SMILES string of the molecule is Cc1c(O[C@H]2CC[C@H](CC(F)(F)C(=O)N3CCN(c4ccc5c(C6CCC(=O)NC6=O)nn(C)c5c4)CC3)CC2)cccc1-c1ccc(N2CCc3cccc(C(=O)Nc4nc5ccccc5s4)c3C2)nc1C(=O)O. The highest BCUT2D eigenvalue weighted by Gasteiger charge is 2.45. The Hall–Kier alpha value is -7.80. The Morgan fingerprint density at radius 2 is 1.64 bits per heavy atom. The number of ether oxygens (including phenoxy) is 1. The average Bonchev–Trinajstić information content (AvgIpc) is 3.98. The smallest absolute Gasteiger partial charge is 0.355 e. The maximum atomic E-state index is 15.8. The van der Waals surface area contributed by atoms with Crippen LogP contribution in [0.15, 0.2) is 91.0 Å². The third kappa shape index (κ3) is 9.88. The monoisotopic (exact) mass is 1040 g/mol. The van der Waals surface area contributed by atoms with Crippen molar-refractivity contribution in [3.63, 3.8) is 0 Å². The number of fused-ring (bicyclic) bond motifs is 3. The summed E-state index contributed by atoms with van der Waals surface area (Å²) in [5, 5.41) is 21.8. The molecule has 3 N–H and O–H groups in total. The lowest BCUT2D eigenvalue weighted by atomic mass is 9.83. The number of piperidine rings is 1. The molecule has 4 aromatic carbocycles. The van der Waals surface area contributed by atoms with Crippen LogP contribution in [0.4, 0.5) is 25.4 Å². The number of carbonyl (C=O) groups is 5. The minimum Gasteiger partial charge on any atom is -0.490 e. The quantitative estimate of drug-likeness (QED) is 0.0987. The van der Waals surface area contributed by atoms with Crippen LogP contribution in [-0.4, -0.2) is 104 Å². The fourth-order valence-corrected chi connectivity index (χ4v) is 12.1. The topological polar surface area (TPSA) is 192 Å². The van der Waals surface area contributed by atoms with E-state index in [1.54, 1.807) is 36.0 Å². The minimum absolute atomic E-state index is 0.121. The molecule has 19 heteroatoms. The van der Waals surface area contributed by atoms with Crippen molar-refractivity contribution < 1.29 is 42.6 Å². The summed E-state index contributed by atoms with van der Waals surface area (Å²) in [5.41, 5.74) is 7.16. The van der Waals surface area contributed by atoms with Gasteiger partial charge in [-0.1, -0.05) is 47.7 Å². The third-order valence-electron chi connectivity index (χ3n) is 15.3. The number of carboxylic acid groups (broad SMARTS) is 1. The van der Waals surface area contributed by atoms with Gasteiger partial charge < -0.3 is 24.5 Å². The van der Waals surface area contributed by atoms with Crippen LogP contribution in [0.3, 0.4) is 0 Å². The number of nitrogens with one attached hydrogen (secondary N) is 2. The molecule has 0 bridgehead atoms. The molecule has 3 aromatic heterocycles. The van der Waals surface area contributed by atoms with Crippen LogP contribution >= 0.6 is 11.3 Å². The van der Waals surface area contributed by atoms with Crippen molar-refractivity contribution >= 4 is 78.7 Å². The normalized spacial score (nSPS) is 19.3. The molecule has 75 heavy (non-hydrogen) atoms. The molecular weight excluding hydrogens is 981 g/mol. The van der Waals surface area contributed by atoms with E-state index in [1.807, 2.05) is 78.6 Å². The van der Waals surface area contributed by atoms with Gasteiger partial charge in [0.05, 0.1) is 33.4 Å². The van der Waals surface area contributed by atoms with Crippen molar-refractivity contribution in [1.29, 1.82) is 0 Å². The zero-order valence-electron chi connectivity index (χ0n) is 41.5. The lowest BCUT2D eigenvalue weighted by Gasteiger charge is -2.38. The molecule has 4 amide bonds. The van der Waals surface area contributed by atoms with E-state index >= 15 is 8.78 Å². The number of aromatic carboxylic acids is 1. The summed E-state index contributed by atoms with van der Waals surface area (Å²) in [4.78, 5) is 78.8. The number of thiazole rings is 1. The van der Waals surface area contributed by atoms with E-state index in [1.165, 1.54) is 16.2 Å². The number of hydrogen-bond donors (Lipinski definition) is 3. The summed E-state index contributed by atoms with van der Waals surface area (Å²) in [7, 11) is 1.79. The molecule has 1 atom stereocenters. The van der Waals surface area contributed by atoms with E-state index < -0.39 is 30.1 Å². The predicted molar refractivity (Wildman–Crippen MR) is 281 cm³/mol. The number of amides is 4. The number of aryl methyl sites for hydroxylation is 1. The predicted octanol–water partition coefficient (Wildman–Crippen LogP) is 8.90. The van der Waals surface area contributed by atoms with Gasteiger partial charge in [0.1, 0.15) is 11.6 Å². The molecule has 16 nitrogen and oxygen atoms in total. The Morgan fingerprint density at radius 1 is 0.853 bits per heavy atom. The summed E-state index contributed by atoms with van der Waals surface area (Å²) >= 11 is 1.41. The molecule has 11 rings (SSSR count). The highest BCUT2D eigenvalue weighted by molar-refractivity contribution is 7.22. The maximum Gasteiger partial charge on any atom is 0.355 e. The van der Waals surface area contributed by atoms with Gasteiger partial charge in [0.2, 0.25) is 11.8 Å². The molecular formula is C56H55F2N9O7S. The highest BCUT2D eigenvalue weighted by atomic mass is 32.1. The van der Waals surface area contributed by atoms with E-state index in [-0.39, 0.29) is 54.9 Å². The summed E-state index contributed by atoms with van der Waals surface area (Å²) in [6, 6.07) is 28.2. The number of pyridine rings is 1. The van der Waals surface area contributed by atoms with Gasteiger partial charge in [-0.2, -0.15) is 13.9 Å². The van der Waals surface area contributed by atoms with Crippen molar-refractivity contribution in [2.75, 3.05) is 47.8 Å². The number of rotatable bonds is 12. The number of aromatic nitrogens is 4. The van der Waals surface area contributed by atoms with Crippen molar-refractivity contribution in [3.05, 3.63) is 125 Å². The van der Waals surface area contributed by atoms with Gasteiger partial charge in [0, 0.05) is 81.4 Å².